The molecule has 0 aromatic heterocycles. The van der Waals surface area contributed by atoms with Gasteiger partial charge in [-0.1, -0.05) is 53.0 Å². The molecule has 1 saturated heterocycles. The molecule has 5 nitrogen and oxygen atoms in total. The van der Waals surface area contributed by atoms with Crippen LogP contribution in [0, 0.1) is 5.92 Å². The average molecular weight is 439 g/mol. The summed E-state index contributed by atoms with van der Waals surface area (Å²) in [5.74, 6) is -0.519. The standard InChI is InChI=1S/C20H18Cl3N3O2/c21-16-5-2-1-4-14(16)20(28)26-10-8-13(9-11-26)19(27)25-24-12-15-17(22)6-3-7-18(15)23/h1-7,12-13H,8-11H2,(H,25,27)/b24-12-. The number of nitrogens with zero attached hydrogens (tertiary/aromatic N) is 2. The fourth-order valence-corrected chi connectivity index (χ4v) is 3.75. The van der Waals surface area contributed by atoms with Gasteiger partial charge in [0.2, 0.25) is 5.91 Å². The summed E-state index contributed by atoms with van der Waals surface area (Å²) in [6, 6.07) is 12.1. The number of hydrogen-bond acceptors (Lipinski definition) is 3. The molecule has 28 heavy (non-hydrogen) atoms. The summed E-state index contributed by atoms with van der Waals surface area (Å²) in [5.41, 5.74) is 3.56. The van der Waals surface area contributed by atoms with E-state index in [0.717, 1.165) is 0 Å². The Labute approximate surface area is 178 Å². The first-order valence-electron chi connectivity index (χ1n) is 8.78. The van der Waals surface area contributed by atoms with Gasteiger partial charge in [-0.15, -0.1) is 0 Å². The molecule has 1 aliphatic heterocycles. The van der Waals surface area contributed by atoms with Crippen LogP contribution in [0.2, 0.25) is 15.1 Å². The Morgan fingerprint density at radius 1 is 0.964 bits per heavy atom. The second-order valence-electron chi connectivity index (χ2n) is 6.42. The first kappa shape index (κ1) is 20.6. The van der Waals surface area contributed by atoms with Crippen LogP contribution in [0.15, 0.2) is 47.6 Å². The number of benzene rings is 2. The highest BCUT2D eigenvalue weighted by atomic mass is 35.5. The lowest BCUT2D eigenvalue weighted by atomic mass is 9.95. The van der Waals surface area contributed by atoms with Crippen LogP contribution in [-0.4, -0.2) is 36.0 Å². The predicted octanol–water partition coefficient (Wildman–Crippen LogP) is 4.65. The van der Waals surface area contributed by atoms with Crippen molar-refractivity contribution < 1.29 is 9.59 Å². The summed E-state index contributed by atoms with van der Waals surface area (Å²) in [4.78, 5) is 26.6. The fourth-order valence-electron chi connectivity index (χ4n) is 3.04. The number of likely N-dealkylation sites (tertiary alicyclic amines) is 1. The maximum atomic E-state index is 12.6. The Bertz CT molecular complexity index is 889. The van der Waals surface area contributed by atoms with Crippen molar-refractivity contribution in [2.45, 2.75) is 12.8 Å². The zero-order valence-corrected chi connectivity index (χ0v) is 17.1. The zero-order chi connectivity index (χ0) is 20.1. The van der Waals surface area contributed by atoms with Gasteiger partial charge in [-0.2, -0.15) is 5.10 Å². The summed E-state index contributed by atoms with van der Waals surface area (Å²) < 4.78 is 0. The van der Waals surface area contributed by atoms with E-state index >= 15 is 0 Å². The SMILES string of the molecule is O=C(N/N=C\c1c(Cl)cccc1Cl)C1CCN(C(=O)c2ccccc2Cl)CC1. The molecule has 0 radical (unpaired) electrons. The lowest BCUT2D eigenvalue weighted by Gasteiger charge is -2.31. The predicted molar refractivity (Wildman–Crippen MR) is 112 cm³/mol. The molecule has 0 aliphatic carbocycles. The highest BCUT2D eigenvalue weighted by Gasteiger charge is 2.28. The van der Waals surface area contributed by atoms with E-state index < -0.39 is 0 Å². The molecule has 1 heterocycles. The number of carbonyl (C=O) groups is 2. The van der Waals surface area contributed by atoms with Crippen LogP contribution in [-0.2, 0) is 4.79 Å². The number of carbonyl (C=O) groups excluding carboxylic acids is 2. The van der Waals surface area contributed by atoms with Gasteiger partial charge in [0.15, 0.2) is 0 Å². The molecule has 8 heteroatoms. The molecular formula is C20H18Cl3N3O2. The van der Waals surface area contributed by atoms with E-state index in [4.69, 9.17) is 34.8 Å². The number of hydrogen-bond donors (Lipinski definition) is 1. The molecule has 0 bridgehead atoms. The van der Waals surface area contributed by atoms with Crippen LogP contribution < -0.4 is 5.43 Å². The molecule has 0 saturated carbocycles. The van der Waals surface area contributed by atoms with Gasteiger partial charge in [0.25, 0.3) is 5.91 Å². The summed E-state index contributed by atoms with van der Waals surface area (Å²) >= 11 is 18.2. The van der Waals surface area contributed by atoms with Crippen LogP contribution in [0.4, 0.5) is 0 Å². The minimum atomic E-state index is -0.214. The Kier molecular flexibility index (Phi) is 6.94. The molecule has 2 amide bonds. The van der Waals surface area contributed by atoms with Gasteiger partial charge in [-0.25, -0.2) is 5.43 Å². The Morgan fingerprint density at radius 2 is 1.57 bits per heavy atom. The maximum absolute atomic E-state index is 12.6. The Hall–Kier alpha value is -2.08. The van der Waals surface area contributed by atoms with E-state index in [1.165, 1.54) is 6.21 Å². The topological polar surface area (TPSA) is 61.8 Å². The monoisotopic (exact) mass is 437 g/mol. The van der Waals surface area contributed by atoms with Crippen molar-refractivity contribution in [3.05, 3.63) is 68.7 Å². The summed E-state index contributed by atoms with van der Waals surface area (Å²) in [5, 5.41) is 5.30. The second-order valence-corrected chi connectivity index (χ2v) is 7.64. The molecule has 2 aromatic carbocycles. The molecule has 2 aromatic rings. The molecule has 1 fully saturated rings. The van der Waals surface area contributed by atoms with Gasteiger partial charge in [0.1, 0.15) is 0 Å². The number of nitrogens with one attached hydrogen (secondary N) is 1. The average Bonchev–Trinajstić information content (AvgIpc) is 2.70. The first-order valence-corrected chi connectivity index (χ1v) is 9.91. The molecule has 0 unspecified atom stereocenters. The molecule has 3 rings (SSSR count). The second kappa shape index (κ2) is 9.41. The van der Waals surface area contributed by atoms with Crippen LogP contribution in [0.5, 0.6) is 0 Å². The van der Waals surface area contributed by atoms with E-state index in [2.05, 4.69) is 10.5 Å². The normalized spacial score (nSPS) is 15.0. The van der Waals surface area contributed by atoms with E-state index in [1.807, 2.05) is 0 Å². The van der Waals surface area contributed by atoms with Crippen molar-refractivity contribution in [1.29, 1.82) is 0 Å². The number of hydrazone groups is 1. The summed E-state index contributed by atoms with van der Waals surface area (Å²) in [7, 11) is 0. The summed E-state index contributed by atoms with van der Waals surface area (Å²) in [6.45, 7) is 0.977. The van der Waals surface area contributed by atoms with Gasteiger partial charge in [-0.3, -0.25) is 9.59 Å². The van der Waals surface area contributed by atoms with Gasteiger partial charge in [0, 0.05) is 24.6 Å². The molecule has 0 spiro atoms. The quantitative estimate of drug-likeness (QED) is 0.558. The maximum Gasteiger partial charge on any atom is 0.255 e. The van der Waals surface area contributed by atoms with Gasteiger partial charge in [0.05, 0.1) is 26.8 Å². The third-order valence-corrected chi connectivity index (χ3v) is 5.61. The van der Waals surface area contributed by atoms with E-state index in [1.54, 1.807) is 47.4 Å². The smallest absolute Gasteiger partial charge is 0.255 e. The van der Waals surface area contributed by atoms with E-state index in [9.17, 15) is 9.59 Å². The summed E-state index contributed by atoms with van der Waals surface area (Å²) in [6.07, 6.45) is 2.55. The third-order valence-electron chi connectivity index (χ3n) is 4.63. The number of rotatable bonds is 4. The van der Waals surface area contributed by atoms with Crippen molar-refractivity contribution in [2.75, 3.05) is 13.1 Å². The van der Waals surface area contributed by atoms with Gasteiger partial charge in [-0.05, 0) is 37.1 Å². The van der Waals surface area contributed by atoms with Crippen LogP contribution in [0.1, 0.15) is 28.8 Å². The van der Waals surface area contributed by atoms with E-state index in [0.29, 0.717) is 52.1 Å². The lowest BCUT2D eigenvalue weighted by Crippen LogP contribution is -2.42. The minimum absolute atomic E-state index is 0.115. The molecule has 1 N–H and O–H groups in total. The van der Waals surface area contributed by atoms with Crippen molar-refractivity contribution >= 4 is 52.8 Å². The van der Waals surface area contributed by atoms with Crippen LogP contribution in [0.3, 0.4) is 0 Å². The largest absolute Gasteiger partial charge is 0.339 e. The van der Waals surface area contributed by atoms with Crippen molar-refractivity contribution in [3.63, 3.8) is 0 Å². The lowest BCUT2D eigenvalue weighted by molar-refractivity contribution is -0.126. The highest BCUT2D eigenvalue weighted by molar-refractivity contribution is 6.38. The Balaban J connectivity index is 1.53. The van der Waals surface area contributed by atoms with Gasteiger partial charge >= 0.3 is 0 Å². The number of amides is 2. The third kappa shape index (κ3) is 4.85. The van der Waals surface area contributed by atoms with Crippen molar-refractivity contribution in [2.24, 2.45) is 11.0 Å². The first-order chi connectivity index (χ1) is 13.5. The number of piperidine rings is 1. The Morgan fingerprint density at radius 3 is 2.21 bits per heavy atom. The van der Waals surface area contributed by atoms with Crippen LogP contribution >= 0.6 is 34.8 Å². The fraction of sp³-hybridized carbons (Fsp3) is 0.250. The van der Waals surface area contributed by atoms with Crippen LogP contribution in [0.25, 0.3) is 0 Å². The zero-order valence-electron chi connectivity index (χ0n) is 14.9. The molecule has 1 aliphatic rings. The molecular weight excluding hydrogens is 421 g/mol. The van der Waals surface area contributed by atoms with Crippen molar-refractivity contribution in [1.82, 2.24) is 10.3 Å². The molecule has 146 valence electrons. The minimum Gasteiger partial charge on any atom is -0.339 e. The highest BCUT2D eigenvalue weighted by Crippen LogP contribution is 2.23. The van der Waals surface area contributed by atoms with Gasteiger partial charge < -0.3 is 4.90 Å². The molecule has 0 atom stereocenters. The number of halogens is 3. The van der Waals surface area contributed by atoms with Crippen molar-refractivity contribution in [3.8, 4) is 0 Å². The van der Waals surface area contributed by atoms with E-state index in [-0.39, 0.29) is 17.7 Å².